The van der Waals surface area contributed by atoms with Crippen molar-refractivity contribution in [2.45, 2.75) is 19.4 Å². The number of aromatic carboxylic acids is 1. The highest BCUT2D eigenvalue weighted by Gasteiger charge is 2.09. The summed E-state index contributed by atoms with van der Waals surface area (Å²) in [5.74, 6) is -1.11. The van der Waals surface area contributed by atoms with Crippen molar-refractivity contribution in [1.82, 2.24) is 10.3 Å². The van der Waals surface area contributed by atoms with Crippen molar-refractivity contribution >= 4 is 23.2 Å². The zero-order valence-corrected chi connectivity index (χ0v) is 13.6. The van der Waals surface area contributed by atoms with Crippen LogP contribution in [0.5, 0.6) is 0 Å². The summed E-state index contributed by atoms with van der Waals surface area (Å²) in [6.07, 6.45) is 0.823. The molecule has 0 spiro atoms. The lowest BCUT2D eigenvalue weighted by Crippen LogP contribution is -2.27. The molecule has 6 nitrogen and oxygen atoms in total. The number of thiazole rings is 1. The Labute approximate surface area is 138 Å². The molecule has 2 rings (SSSR count). The molecule has 0 aliphatic rings. The molecule has 23 heavy (non-hydrogen) atoms. The largest absolute Gasteiger partial charge is 0.476 e. The Morgan fingerprint density at radius 2 is 2.13 bits per heavy atom. The summed E-state index contributed by atoms with van der Waals surface area (Å²) in [7, 11) is 1.63. The second-order valence-electron chi connectivity index (χ2n) is 4.96. The summed E-state index contributed by atoms with van der Waals surface area (Å²) in [6, 6.07) is 7.70. The molecule has 0 atom stereocenters. The molecule has 2 N–H and O–H groups in total. The third-order valence-electron chi connectivity index (χ3n) is 3.10. The van der Waals surface area contributed by atoms with Crippen molar-refractivity contribution in [2.75, 3.05) is 13.7 Å². The molecule has 1 heterocycles. The molecular weight excluding hydrogens is 316 g/mol. The summed E-state index contributed by atoms with van der Waals surface area (Å²) in [6.45, 7) is 0.953. The number of rotatable bonds is 8. The number of carboxylic acids is 1. The van der Waals surface area contributed by atoms with Crippen molar-refractivity contribution in [3.8, 4) is 0 Å². The predicted octanol–water partition coefficient (Wildman–Crippen LogP) is 1.89. The van der Waals surface area contributed by atoms with Crippen LogP contribution in [0.25, 0.3) is 0 Å². The van der Waals surface area contributed by atoms with Gasteiger partial charge < -0.3 is 15.2 Å². The summed E-state index contributed by atoms with van der Waals surface area (Å²) >= 11 is 1.28. The van der Waals surface area contributed by atoms with Crippen molar-refractivity contribution in [3.63, 3.8) is 0 Å². The van der Waals surface area contributed by atoms with Gasteiger partial charge in [-0.1, -0.05) is 24.3 Å². The van der Waals surface area contributed by atoms with Crippen LogP contribution < -0.4 is 5.32 Å². The second kappa shape index (κ2) is 8.40. The first kappa shape index (κ1) is 17.1. The van der Waals surface area contributed by atoms with E-state index in [-0.39, 0.29) is 11.6 Å². The van der Waals surface area contributed by atoms with Gasteiger partial charge in [-0.2, -0.15) is 0 Å². The maximum absolute atomic E-state index is 11.9. The van der Waals surface area contributed by atoms with Gasteiger partial charge in [0.2, 0.25) is 5.91 Å². The number of carbonyl (C=O) groups excluding carboxylic acids is 1. The first-order valence-electron chi connectivity index (χ1n) is 7.09. The Bertz CT molecular complexity index is 684. The Balaban J connectivity index is 1.78. The van der Waals surface area contributed by atoms with E-state index in [0.717, 1.165) is 11.1 Å². The minimum absolute atomic E-state index is 0.0475. The minimum atomic E-state index is -1.03. The van der Waals surface area contributed by atoms with Crippen LogP contribution in [0.2, 0.25) is 0 Å². The molecule has 1 amide bonds. The number of methoxy groups -OCH3 is 1. The fourth-order valence-electron chi connectivity index (χ4n) is 2.08. The molecule has 1 aromatic carbocycles. The van der Waals surface area contributed by atoms with Gasteiger partial charge in [0.15, 0.2) is 5.69 Å². The normalized spacial score (nSPS) is 10.5. The highest BCUT2D eigenvalue weighted by atomic mass is 32.1. The number of nitrogens with one attached hydrogen (secondary N) is 1. The zero-order chi connectivity index (χ0) is 16.7. The summed E-state index contributed by atoms with van der Waals surface area (Å²) in [5, 5.41) is 13.8. The van der Waals surface area contributed by atoms with E-state index < -0.39 is 5.97 Å². The maximum atomic E-state index is 11.9. The van der Waals surface area contributed by atoms with Crippen molar-refractivity contribution in [3.05, 3.63) is 51.5 Å². The van der Waals surface area contributed by atoms with Crippen LogP contribution in [0.3, 0.4) is 0 Å². The number of benzene rings is 1. The van der Waals surface area contributed by atoms with Gasteiger partial charge in [0.1, 0.15) is 0 Å². The number of amides is 1. The number of carboxylic acid groups (broad SMARTS) is 1. The molecule has 7 heteroatoms. The second-order valence-corrected chi connectivity index (χ2v) is 5.90. The number of nitrogens with zero attached hydrogens (tertiary/aromatic N) is 1. The number of hydrogen-bond donors (Lipinski definition) is 2. The quantitative estimate of drug-likeness (QED) is 0.769. The van der Waals surface area contributed by atoms with E-state index in [9.17, 15) is 9.59 Å². The molecule has 122 valence electrons. The zero-order valence-electron chi connectivity index (χ0n) is 12.7. The van der Waals surface area contributed by atoms with Gasteiger partial charge in [-0.25, -0.2) is 9.78 Å². The summed E-state index contributed by atoms with van der Waals surface area (Å²) < 4.78 is 5.07. The van der Waals surface area contributed by atoms with Gasteiger partial charge >= 0.3 is 5.97 Å². The first-order chi connectivity index (χ1) is 11.1. The SMILES string of the molecule is COCc1cccc(CC(=O)NCCc2nc(C(=O)O)cs2)c1. The highest BCUT2D eigenvalue weighted by molar-refractivity contribution is 7.09. The lowest BCUT2D eigenvalue weighted by molar-refractivity contribution is -0.120. The smallest absolute Gasteiger partial charge is 0.355 e. The first-order valence-corrected chi connectivity index (χ1v) is 7.97. The van der Waals surface area contributed by atoms with E-state index >= 15 is 0 Å². The lowest BCUT2D eigenvalue weighted by atomic mass is 10.1. The van der Waals surface area contributed by atoms with Crippen LogP contribution in [-0.2, 0) is 29.0 Å². The van der Waals surface area contributed by atoms with Crippen LogP contribution in [-0.4, -0.2) is 35.6 Å². The lowest BCUT2D eigenvalue weighted by Gasteiger charge is -2.06. The van der Waals surface area contributed by atoms with Gasteiger partial charge in [-0.05, 0) is 11.1 Å². The third kappa shape index (κ3) is 5.46. The van der Waals surface area contributed by atoms with Crippen molar-refractivity contribution in [2.24, 2.45) is 0 Å². The molecule has 2 aromatic rings. The van der Waals surface area contributed by atoms with E-state index in [1.807, 2.05) is 24.3 Å². The molecule has 0 aliphatic heterocycles. The molecule has 0 aliphatic carbocycles. The van der Waals surface area contributed by atoms with Crippen LogP contribution in [0.4, 0.5) is 0 Å². The maximum Gasteiger partial charge on any atom is 0.355 e. The van der Waals surface area contributed by atoms with Crippen molar-refractivity contribution in [1.29, 1.82) is 0 Å². The van der Waals surface area contributed by atoms with E-state index in [1.54, 1.807) is 7.11 Å². The molecule has 0 radical (unpaired) electrons. The Hall–Kier alpha value is -2.25. The molecule has 0 bridgehead atoms. The monoisotopic (exact) mass is 334 g/mol. The highest BCUT2D eigenvalue weighted by Crippen LogP contribution is 2.10. The molecular formula is C16H18N2O4S. The van der Waals surface area contributed by atoms with Gasteiger partial charge in [0.25, 0.3) is 0 Å². The molecule has 0 unspecified atom stereocenters. The predicted molar refractivity (Wildman–Crippen MR) is 86.6 cm³/mol. The van der Waals surface area contributed by atoms with Gasteiger partial charge in [-0.15, -0.1) is 11.3 Å². The fourth-order valence-corrected chi connectivity index (χ4v) is 2.85. The van der Waals surface area contributed by atoms with Crippen LogP contribution in [0, 0.1) is 0 Å². The van der Waals surface area contributed by atoms with Crippen LogP contribution in [0.1, 0.15) is 26.6 Å². The Kier molecular flexibility index (Phi) is 6.25. The van der Waals surface area contributed by atoms with E-state index in [4.69, 9.17) is 9.84 Å². The number of ether oxygens (including phenoxy) is 1. The molecule has 1 aromatic heterocycles. The molecule has 0 saturated carbocycles. The van der Waals surface area contributed by atoms with Crippen molar-refractivity contribution < 1.29 is 19.4 Å². The minimum Gasteiger partial charge on any atom is -0.476 e. The average Bonchev–Trinajstić information content (AvgIpc) is 2.97. The van der Waals surface area contributed by atoms with E-state index in [1.165, 1.54) is 16.7 Å². The van der Waals surface area contributed by atoms with E-state index in [2.05, 4.69) is 10.3 Å². The summed E-state index contributed by atoms with van der Waals surface area (Å²) in [5.41, 5.74) is 2.01. The van der Waals surface area contributed by atoms with Gasteiger partial charge in [-0.3, -0.25) is 4.79 Å². The third-order valence-corrected chi connectivity index (χ3v) is 4.01. The number of hydrogen-bond acceptors (Lipinski definition) is 5. The average molecular weight is 334 g/mol. The Morgan fingerprint density at radius 1 is 1.35 bits per heavy atom. The number of aromatic nitrogens is 1. The Morgan fingerprint density at radius 3 is 2.83 bits per heavy atom. The fraction of sp³-hybridized carbons (Fsp3) is 0.312. The topological polar surface area (TPSA) is 88.5 Å². The van der Waals surface area contributed by atoms with Gasteiger partial charge in [0.05, 0.1) is 18.0 Å². The van der Waals surface area contributed by atoms with Crippen LogP contribution in [0.15, 0.2) is 29.6 Å². The summed E-state index contributed by atoms with van der Waals surface area (Å²) in [4.78, 5) is 26.6. The van der Waals surface area contributed by atoms with Crippen LogP contribution >= 0.6 is 11.3 Å². The number of carbonyl (C=O) groups is 2. The molecule has 0 saturated heterocycles. The molecule has 0 fully saturated rings. The standard InChI is InChI=1S/C16H18N2O4S/c1-22-9-12-4-2-3-11(7-12)8-14(19)17-6-5-15-18-13(10-23-15)16(20)21/h2-4,7,10H,5-6,8-9H2,1H3,(H,17,19)(H,20,21). The van der Waals surface area contributed by atoms with E-state index in [0.29, 0.717) is 31.0 Å². The van der Waals surface area contributed by atoms with Gasteiger partial charge in [0, 0.05) is 25.5 Å².